The summed E-state index contributed by atoms with van der Waals surface area (Å²) in [5.41, 5.74) is 2.69. The highest BCUT2D eigenvalue weighted by molar-refractivity contribution is 5.69. The van der Waals surface area contributed by atoms with Crippen LogP contribution in [0.4, 0.5) is 0 Å². The third kappa shape index (κ3) is 3.78. The molecule has 1 atom stereocenters. The van der Waals surface area contributed by atoms with Crippen molar-refractivity contribution in [3.05, 3.63) is 35.4 Å². The number of likely N-dealkylation sites (tertiary alicyclic amines) is 1. The molecule has 104 valence electrons. The minimum absolute atomic E-state index is 0.128. The van der Waals surface area contributed by atoms with Crippen LogP contribution in [0.5, 0.6) is 0 Å². The van der Waals surface area contributed by atoms with Gasteiger partial charge in [0.1, 0.15) is 0 Å². The van der Waals surface area contributed by atoms with Gasteiger partial charge in [0, 0.05) is 25.7 Å². The van der Waals surface area contributed by atoms with Gasteiger partial charge in [0.05, 0.1) is 6.54 Å². The molecular weight excluding hydrogens is 240 g/mol. The van der Waals surface area contributed by atoms with E-state index in [1.807, 2.05) is 11.9 Å². The number of hydrogen-bond acceptors (Lipinski definition) is 3. The quantitative estimate of drug-likeness (QED) is 0.875. The van der Waals surface area contributed by atoms with E-state index < -0.39 is 5.97 Å². The number of rotatable bonds is 5. The van der Waals surface area contributed by atoms with E-state index in [2.05, 4.69) is 36.1 Å². The predicted octanol–water partition coefficient (Wildman–Crippen LogP) is 1.59. The number of nitrogens with zero attached hydrogens (tertiary/aromatic N) is 2. The van der Waals surface area contributed by atoms with E-state index in [9.17, 15) is 4.79 Å². The molecule has 2 rings (SSSR count). The van der Waals surface area contributed by atoms with E-state index >= 15 is 0 Å². The Bertz CT molecular complexity index is 448. The molecule has 1 saturated heterocycles. The Labute approximate surface area is 114 Å². The molecule has 1 fully saturated rings. The normalized spacial score (nSPS) is 20.1. The molecule has 0 radical (unpaired) electrons. The highest BCUT2D eigenvalue weighted by Crippen LogP contribution is 2.18. The molecule has 4 heteroatoms. The molecule has 0 amide bonds. The summed E-state index contributed by atoms with van der Waals surface area (Å²) in [7, 11) is 1.90. The fourth-order valence-corrected chi connectivity index (χ4v) is 2.69. The van der Waals surface area contributed by atoms with Crippen molar-refractivity contribution >= 4 is 5.97 Å². The lowest BCUT2D eigenvalue weighted by Crippen LogP contribution is -2.37. The van der Waals surface area contributed by atoms with Crippen LogP contribution in [0.1, 0.15) is 17.5 Å². The zero-order valence-corrected chi connectivity index (χ0v) is 11.7. The minimum atomic E-state index is -0.750. The maximum Gasteiger partial charge on any atom is 0.317 e. The van der Waals surface area contributed by atoms with Crippen molar-refractivity contribution in [3.8, 4) is 0 Å². The van der Waals surface area contributed by atoms with Crippen LogP contribution in [0.25, 0.3) is 0 Å². The molecule has 1 heterocycles. The van der Waals surface area contributed by atoms with Crippen molar-refractivity contribution in [2.45, 2.75) is 25.9 Å². The number of carbonyl (C=O) groups is 1. The fraction of sp³-hybridized carbons (Fsp3) is 0.533. The summed E-state index contributed by atoms with van der Waals surface area (Å²) >= 11 is 0. The van der Waals surface area contributed by atoms with Gasteiger partial charge < -0.3 is 5.11 Å². The first-order valence-electron chi connectivity index (χ1n) is 6.75. The van der Waals surface area contributed by atoms with Gasteiger partial charge in [-0.3, -0.25) is 14.6 Å². The molecule has 1 aromatic rings. The molecule has 1 aliphatic heterocycles. The molecule has 1 aromatic carbocycles. The van der Waals surface area contributed by atoms with Crippen LogP contribution in [0.2, 0.25) is 0 Å². The van der Waals surface area contributed by atoms with Crippen molar-refractivity contribution in [1.29, 1.82) is 0 Å². The molecule has 1 N–H and O–H groups in total. The van der Waals surface area contributed by atoms with Gasteiger partial charge in [0.15, 0.2) is 0 Å². The van der Waals surface area contributed by atoms with Crippen molar-refractivity contribution in [3.63, 3.8) is 0 Å². The standard InChI is InChI=1S/C15H22N2O2/c1-12-5-3-4-6-13(12)9-17-8-7-14(10-17)16(2)11-15(18)19/h3-6,14H,7-11H2,1-2H3,(H,18,19). The zero-order valence-electron chi connectivity index (χ0n) is 11.7. The topological polar surface area (TPSA) is 43.8 Å². The average molecular weight is 262 g/mol. The molecule has 0 spiro atoms. The van der Waals surface area contributed by atoms with E-state index in [4.69, 9.17) is 5.11 Å². The monoisotopic (exact) mass is 262 g/mol. The van der Waals surface area contributed by atoms with Gasteiger partial charge in [0.2, 0.25) is 0 Å². The number of aliphatic carboxylic acids is 1. The molecule has 1 aliphatic rings. The zero-order chi connectivity index (χ0) is 13.8. The number of benzene rings is 1. The summed E-state index contributed by atoms with van der Waals surface area (Å²) in [4.78, 5) is 15.1. The first-order valence-corrected chi connectivity index (χ1v) is 6.75. The number of aryl methyl sites for hydroxylation is 1. The Morgan fingerprint density at radius 1 is 1.47 bits per heavy atom. The lowest BCUT2D eigenvalue weighted by Gasteiger charge is -2.23. The molecule has 0 saturated carbocycles. The van der Waals surface area contributed by atoms with Gasteiger partial charge in [-0.2, -0.15) is 0 Å². The lowest BCUT2D eigenvalue weighted by atomic mass is 10.1. The summed E-state index contributed by atoms with van der Waals surface area (Å²) in [6.07, 6.45) is 1.05. The summed E-state index contributed by atoms with van der Waals surface area (Å²) in [6.45, 7) is 5.23. The molecule has 0 bridgehead atoms. The molecule has 0 aromatic heterocycles. The molecule has 19 heavy (non-hydrogen) atoms. The van der Waals surface area contributed by atoms with Crippen LogP contribution in [0.15, 0.2) is 24.3 Å². The Morgan fingerprint density at radius 3 is 2.89 bits per heavy atom. The van der Waals surface area contributed by atoms with Crippen LogP contribution < -0.4 is 0 Å². The Balaban J connectivity index is 1.89. The Kier molecular flexibility index (Phi) is 4.56. The highest BCUT2D eigenvalue weighted by Gasteiger charge is 2.26. The minimum Gasteiger partial charge on any atom is -0.480 e. The first kappa shape index (κ1) is 14.0. The number of carboxylic acid groups (broad SMARTS) is 1. The van der Waals surface area contributed by atoms with Gasteiger partial charge in [-0.1, -0.05) is 24.3 Å². The lowest BCUT2D eigenvalue weighted by molar-refractivity contribution is -0.138. The number of carboxylic acids is 1. The summed E-state index contributed by atoms with van der Waals surface area (Å²) in [6, 6.07) is 8.81. The second-order valence-corrected chi connectivity index (χ2v) is 5.41. The van der Waals surface area contributed by atoms with Crippen LogP contribution in [0, 0.1) is 6.92 Å². The molecule has 4 nitrogen and oxygen atoms in total. The van der Waals surface area contributed by atoms with Gasteiger partial charge in [-0.05, 0) is 31.5 Å². The summed E-state index contributed by atoms with van der Waals surface area (Å²) in [5, 5.41) is 8.83. The van der Waals surface area contributed by atoms with Crippen LogP contribution in [0.3, 0.4) is 0 Å². The summed E-state index contributed by atoms with van der Waals surface area (Å²) < 4.78 is 0. The SMILES string of the molecule is Cc1ccccc1CN1CCC(N(C)CC(=O)O)C1. The van der Waals surface area contributed by atoms with E-state index in [1.165, 1.54) is 11.1 Å². The maximum atomic E-state index is 10.7. The van der Waals surface area contributed by atoms with Gasteiger partial charge in [0.25, 0.3) is 0 Å². The third-order valence-electron chi connectivity index (χ3n) is 3.91. The van der Waals surface area contributed by atoms with Crippen molar-refractivity contribution < 1.29 is 9.90 Å². The van der Waals surface area contributed by atoms with E-state index in [0.717, 1.165) is 26.1 Å². The van der Waals surface area contributed by atoms with Crippen molar-refractivity contribution in [2.24, 2.45) is 0 Å². The fourth-order valence-electron chi connectivity index (χ4n) is 2.69. The number of hydrogen-bond donors (Lipinski definition) is 1. The van der Waals surface area contributed by atoms with E-state index in [-0.39, 0.29) is 6.54 Å². The highest BCUT2D eigenvalue weighted by atomic mass is 16.4. The molecule has 0 aliphatic carbocycles. The second-order valence-electron chi connectivity index (χ2n) is 5.41. The van der Waals surface area contributed by atoms with E-state index in [0.29, 0.717) is 6.04 Å². The third-order valence-corrected chi connectivity index (χ3v) is 3.91. The Morgan fingerprint density at radius 2 is 2.21 bits per heavy atom. The largest absolute Gasteiger partial charge is 0.480 e. The molecular formula is C15H22N2O2. The molecule has 1 unspecified atom stereocenters. The van der Waals surface area contributed by atoms with E-state index in [1.54, 1.807) is 0 Å². The van der Waals surface area contributed by atoms with Crippen molar-refractivity contribution in [2.75, 3.05) is 26.7 Å². The van der Waals surface area contributed by atoms with Crippen LogP contribution in [-0.2, 0) is 11.3 Å². The Hall–Kier alpha value is -1.39. The smallest absolute Gasteiger partial charge is 0.317 e. The number of likely N-dealkylation sites (N-methyl/N-ethyl adjacent to an activating group) is 1. The maximum absolute atomic E-state index is 10.7. The van der Waals surface area contributed by atoms with Gasteiger partial charge in [-0.15, -0.1) is 0 Å². The van der Waals surface area contributed by atoms with Crippen LogP contribution >= 0.6 is 0 Å². The predicted molar refractivity (Wildman–Crippen MR) is 75.1 cm³/mol. The second kappa shape index (κ2) is 6.17. The average Bonchev–Trinajstić information content (AvgIpc) is 2.80. The van der Waals surface area contributed by atoms with Crippen LogP contribution in [-0.4, -0.2) is 53.6 Å². The first-order chi connectivity index (χ1) is 9.06. The van der Waals surface area contributed by atoms with Gasteiger partial charge >= 0.3 is 5.97 Å². The summed E-state index contributed by atoms with van der Waals surface area (Å²) in [5.74, 6) is -0.750. The van der Waals surface area contributed by atoms with Crippen molar-refractivity contribution in [1.82, 2.24) is 9.80 Å². The van der Waals surface area contributed by atoms with Gasteiger partial charge in [-0.25, -0.2) is 0 Å².